The van der Waals surface area contributed by atoms with E-state index in [9.17, 15) is 22.8 Å². The van der Waals surface area contributed by atoms with Crippen molar-refractivity contribution in [3.05, 3.63) is 107 Å². The van der Waals surface area contributed by atoms with Gasteiger partial charge in [-0.15, -0.1) is 5.10 Å². The van der Waals surface area contributed by atoms with Crippen molar-refractivity contribution in [1.82, 2.24) is 29.4 Å². The Bertz CT molecular complexity index is 1740. The summed E-state index contributed by atoms with van der Waals surface area (Å²) in [6.45, 7) is 4.20. The third-order valence-corrected chi connectivity index (χ3v) is 7.56. The Hall–Kier alpha value is -4.80. The van der Waals surface area contributed by atoms with Gasteiger partial charge < -0.3 is 4.57 Å². The molecule has 0 spiro atoms. The van der Waals surface area contributed by atoms with Crippen LogP contribution in [0.4, 0.5) is 13.2 Å². The molecule has 2 atom stereocenters. The van der Waals surface area contributed by atoms with Crippen LogP contribution >= 0.6 is 0 Å². The minimum Gasteiger partial charge on any atom is -0.320 e. The molecule has 0 N–H and O–H groups in total. The molecule has 0 fully saturated rings. The zero-order chi connectivity index (χ0) is 28.9. The Morgan fingerprint density at radius 2 is 1.51 bits per heavy atom. The zero-order valence-electron chi connectivity index (χ0n) is 22.2. The Morgan fingerprint density at radius 1 is 0.878 bits per heavy atom. The number of hydrogen-bond acceptors (Lipinski definition) is 5. The van der Waals surface area contributed by atoms with Crippen molar-refractivity contribution in [3.8, 4) is 5.69 Å². The number of aromatic nitrogens is 5. The molecule has 0 saturated heterocycles. The molecule has 11 heteroatoms. The van der Waals surface area contributed by atoms with Crippen molar-refractivity contribution in [2.75, 3.05) is 0 Å². The smallest absolute Gasteiger partial charge is 0.320 e. The normalized spacial score (nSPS) is 15.0. The van der Waals surface area contributed by atoms with E-state index in [2.05, 4.69) is 10.3 Å². The monoisotopic (exact) mass is 558 g/mol. The van der Waals surface area contributed by atoms with Gasteiger partial charge in [-0.25, -0.2) is 9.67 Å². The maximum absolute atomic E-state index is 13.5. The molecule has 2 amide bonds. The Kier molecular flexibility index (Phi) is 6.44. The van der Waals surface area contributed by atoms with Crippen LogP contribution in [0.3, 0.4) is 0 Å². The average Bonchev–Trinajstić information content (AvgIpc) is 3.65. The van der Waals surface area contributed by atoms with Gasteiger partial charge in [0.15, 0.2) is 0 Å². The van der Waals surface area contributed by atoms with Crippen molar-refractivity contribution < 1.29 is 22.8 Å². The molecule has 0 saturated carbocycles. The van der Waals surface area contributed by atoms with E-state index in [4.69, 9.17) is 4.98 Å². The molecule has 2 aromatic heterocycles. The number of rotatable bonds is 7. The summed E-state index contributed by atoms with van der Waals surface area (Å²) in [4.78, 5) is 33.3. The molecular weight excluding hydrogens is 533 g/mol. The number of nitrogens with zero attached hydrogens (tertiary/aromatic N) is 6. The van der Waals surface area contributed by atoms with Crippen LogP contribution in [0.15, 0.2) is 79.0 Å². The summed E-state index contributed by atoms with van der Waals surface area (Å²) in [5.41, 5.74) is 2.43. The molecule has 1 unspecified atom stereocenters. The van der Waals surface area contributed by atoms with Gasteiger partial charge in [0, 0.05) is 0 Å². The number of imidazole rings is 1. The van der Waals surface area contributed by atoms with Crippen LogP contribution in [0, 0.1) is 5.92 Å². The molecule has 0 bridgehead atoms. The third kappa shape index (κ3) is 4.56. The maximum Gasteiger partial charge on any atom is 0.416 e. The molecule has 8 nitrogen and oxygen atoms in total. The number of imide groups is 1. The molecule has 1 aliphatic rings. The van der Waals surface area contributed by atoms with Crippen molar-refractivity contribution in [1.29, 1.82) is 0 Å². The Labute approximate surface area is 233 Å². The number of alkyl halides is 3. The fourth-order valence-electron chi connectivity index (χ4n) is 5.26. The lowest BCUT2D eigenvalue weighted by Gasteiger charge is -2.31. The van der Waals surface area contributed by atoms with Gasteiger partial charge in [0.1, 0.15) is 17.6 Å². The molecule has 0 radical (unpaired) electrons. The van der Waals surface area contributed by atoms with Gasteiger partial charge in [-0.3, -0.25) is 14.5 Å². The lowest BCUT2D eigenvalue weighted by atomic mass is 9.96. The average molecular weight is 559 g/mol. The predicted octanol–water partition coefficient (Wildman–Crippen LogP) is 6.07. The van der Waals surface area contributed by atoms with Crippen LogP contribution in [0.1, 0.15) is 64.1 Å². The number of hydrogen-bond donors (Lipinski definition) is 0. The Balaban J connectivity index is 1.40. The van der Waals surface area contributed by atoms with E-state index in [0.717, 1.165) is 17.6 Å². The number of carbonyl (C=O) groups is 2. The molecule has 3 heterocycles. The van der Waals surface area contributed by atoms with E-state index in [0.29, 0.717) is 40.3 Å². The van der Waals surface area contributed by atoms with E-state index >= 15 is 0 Å². The van der Waals surface area contributed by atoms with Crippen molar-refractivity contribution in [2.24, 2.45) is 5.92 Å². The van der Waals surface area contributed by atoms with Gasteiger partial charge in [0.2, 0.25) is 0 Å². The highest BCUT2D eigenvalue weighted by Gasteiger charge is 2.44. The van der Waals surface area contributed by atoms with Gasteiger partial charge in [0.05, 0.1) is 46.2 Å². The molecule has 3 aromatic carbocycles. The topological polar surface area (TPSA) is 85.9 Å². The molecule has 5 aromatic rings. The van der Waals surface area contributed by atoms with Crippen molar-refractivity contribution >= 4 is 22.8 Å². The summed E-state index contributed by atoms with van der Waals surface area (Å²) < 4.78 is 42.3. The molecule has 0 aliphatic carbocycles. The highest BCUT2D eigenvalue weighted by atomic mass is 19.4. The van der Waals surface area contributed by atoms with Gasteiger partial charge >= 0.3 is 6.18 Å². The third-order valence-electron chi connectivity index (χ3n) is 7.56. The summed E-state index contributed by atoms with van der Waals surface area (Å²) in [6, 6.07) is 18.3. The van der Waals surface area contributed by atoms with Crippen LogP contribution in [-0.2, 0) is 12.7 Å². The van der Waals surface area contributed by atoms with Crippen LogP contribution in [0.2, 0.25) is 0 Å². The summed E-state index contributed by atoms with van der Waals surface area (Å²) >= 11 is 0. The zero-order valence-corrected chi connectivity index (χ0v) is 22.2. The van der Waals surface area contributed by atoms with E-state index < -0.39 is 17.8 Å². The minimum absolute atomic E-state index is 0.115. The van der Waals surface area contributed by atoms with E-state index in [1.165, 1.54) is 21.7 Å². The summed E-state index contributed by atoms with van der Waals surface area (Å²) in [7, 11) is 0. The second-order valence-corrected chi connectivity index (χ2v) is 10.1. The van der Waals surface area contributed by atoms with Crippen LogP contribution in [-0.4, -0.2) is 41.3 Å². The first-order valence-electron chi connectivity index (χ1n) is 13.2. The lowest BCUT2D eigenvalue weighted by Crippen LogP contribution is -2.39. The standard InChI is InChI=1S/C30H25F3N6O2/c1-3-18(2)26(39-28(40)22-8-4-5-9-23(22)29(39)41)27-34-24-10-6-7-11-25(24)37(27)16-20-17-38(36-35-20)21-14-12-19(13-15-21)30(31,32)33/h4-15,17-18,26H,3,16H2,1-2H3/t18?,26-/m1/s1. The van der Waals surface area contributed by atoms with Crippen molar-refractivity contribution in [3.63, 3.8) is 0 Å². The fourth-order valence-corrected chi connectivity index (χ4v) is 5.26. The Morgan fingerprint density at radius 3 is 2.15 bits per heavy atom. The van der Waals surface area contributed by atoms with Gasteiger partial charge in [-0.05, 0) is 54.4 Å². The molecule has 1 aliphatic heterocycles. The van der Waals surface area contributed by atoms with E-state index in [-0.39, 0.29) is 24.3 Å². The number of benzene rings is 3. The number of para-hydroxylation sites is 2. The first-order chi connectivity index (χ1) is 19.7. The largest absolute Gasteiger partial charge is 0.416 e. The highest BCUT2D eigenvalue weighted by Crippen LogP contribution is 2.38. The molecule has 208 valence electrons. The second kappa shape index (κ2) is 9.99. The van der Waals surface area contributed by atoms with E-state index in [1.807, 2.05) is 42.7 Å². The van der Waals surface area contributed by atoms with E-state index in [1.54, 1.807) is 30.5 Å². The van der Waals surface area contributed by atoms with Crippen LogP contribution in [0.5, 0.6) is 0 Å². The maximum atomic E-state index is 13.5. The van der Waals surface area contributed by atoms with Crippen LogP contribution < -0.4 is 0 Å². The quantitative estimate of drug-likeness (QED) is 0.227. The molecule has 41 heavy (non-hydrogen) atoms. The SMILES string of the molecule is CCC(C)[C@H](c1nc2ccccc2n1Cc1cn(-c2ccc(C(F)(F)F)cc2)nn1)N1C(=O)c2ccccc2C1=O. The number of carbonyl (C=O) groups excluding carboxylic acids is 2. The van der Waals surface area contributed by atoms with Gasteiger partial charge in [-0.2, -0.15) is 13.2 Å². The number of fused-ring (bicyclic) bond motifs is 2. The molecular formula is C30H25F3N6O2. The van der Waals surface area contributed by atoms with Gasteiger partial charge in [0.25, 0.3) is 11.8 Å². The predicted molar refractivity (Wildman–Crippen MR) is 144 cm³/mol. The van der Waals surface area contributed by atoms with Crippen molar-refractivity contribution in [2.45, 2.75) is 39.0 Å². The second-order valence-electron chi connectivity index (χ2n) is 10.1. The summed E-state index contributed by atoms with van der Waals surface area (Å²) in [6.07, 6.45) is -2.11. The summed E-state index contributed by atoms with van der Waals surface area (Å²) in [5, 5.41) is 8.39. The lowest BCUT2D eigenvalue weighted by molar-refractivity contribution is -0.137. The van der Waals surface area contributed by atoms with Gasteiger partial charge in [-0.1, -0.05) is 49.7 Å². The molecule has 6 rings (SSSR count). The minimum atomic E-state index is -4.43. The highest BCUT2D eigenvalue weighted by molar-refractivity contribution is 6.21. The first kappa shape index (κ1) is 26.4. The number of amides is 2. The number of halogens is 3. The fraction of sp³-hybridized carbons (Fsp3) is 0.233. The van der Waals surface area contributed by atoms with Crippen LogP contribution in [0.25, 0.3) is 16.7 Å². The summed E-state index contributed by atoms with van der Waals surface area (Å²) in [5.74, 6) is -0.291. The first-order valence-corrected chi connectivity index (χ1v) is 13.2.